The van der Waals surface area contributed by atoms with Crippen molar-refractivity contribution in [1.82, 2.24) is 5.32 Å². The molecular formula is C16H27NO4. The van der Waals surface area contributed by atoms with E-state index >= 15 is 0 Å². The van der Waals surface area contributed by atoms with Gasteiger partial charge in [-0.05, 0) is 37.5 Å². The van der Waals surface area contributed by atoms with Gasteiger partial charge < -0.3 is 15.2 Å². The molecule has 0 aromatic rings. The summed E-state index contributed by atoms with van der Waals surface area (Å²) in [5, 5.41) is 12.1. The number of carboxylic acids is 1. The maximum Gasteiger partial charge on any atom is 0.303 e. The van der Waals surface area contributed by atoms with Crippen LogP contribution < -0.4 is 5.32 Å². The van der Waals surface area contributed by atoms with E-state index in [1.807, 2.05) is 0 Å². The highest BCUT2D eigenvalue weighted by atomic mass is 16.5. The molecule has 0 aromatic heterocycles. The van der Waals surface area contributed by atoms with Crippen molar-refractivity contribution < 1.29 is 19.4 Å². The van der Waals surface area contributed by atoms with Gasteiger partial charge >= 0.3 is 5.97 Å². The number of nitrogens with one attached hydrogen (secondary N) is 1. The van der Waals surface area contributed by atoms with Crippen LogP contribution in [0.2, 0.25) is 0 Å². The minimum atomic E-state index is -0.762. The van der Waals surface area contributed by atoms with Crippen molar-refractivity contribution >= 4 is 11.9 Å². The summed E-state index contributed by atoms with van der Waals surface area (Å²) >= 11 is 0. The Hall–Kier alpha value is -1.10. The molecule has 21 heavy (non-hydrogen) atoms. The molecule has 5 nitrogen and oxygen atoms in total. The SMILES string of the molecule is O=C(O)CC1(CNC(=O)CC2CCCCO2)CCCCC1. The first-order chi connectivity index (χ1) is 10.1. The number of carbonyl (C=O) groups excluding carboxylic acids is 1. The highest BCUT2D eigenvalue weighted by Gasteiger charge is 2.34. The number of amides is 1. The summed E-state index contributed by atoms with van der Waals surface area (Å²) in [7, 11) is 0. The maximum absolute atomic E-state index is 12.0. The number of carboxylic acid groups (broad SMARTS) is 1. The quantitative estimate of drug-likeness (QED) is 0.790. The van der Waals surface area contributed by atoms with E-state index in [9.17, 15) is 9.59 Å². The van der Waals surface area contributed by atoms with Gasteiger partial charge in [-0.2, -0.15) is 0 Å². The molecule has 0 bridgehead atoms. The fraction of sp³-hybridized carbons (Fsp3) is 0.875. The van der Waals surface area contributed by atoms with Gasteiger partial charge in [0.1, 0.15) is 0 Å². The van der Waals surface area contributed by atoms with Crippen LogP contribution >= 0.6 is 0 Å². The second kappa shape index (κ2) is 7.78. The van der Waals surface area contributed by atoms with E-state index in [0.29, 0.717) is 13.0 Å². The van der Waals surface area contributed by atoms with Gasteiger partial charge in [-0.1, -0.05) is 19.3 Å². The van der Waals surface area contributed by atoms with E-state index in [2.05, 4.69) is 5.32 Å². The summed E-state index contributed by atoms with van der Waals surface area (Å²) in [5.41, 5.74) is -0.243. The van der Waals surface area contributed by atoms with E-state index in [-0.39, 0.29) is 23.8 Å². The predicted molar refractivity (Wildman–Crippen MR) is 79.0 cm³/mol. The van der Waals surface area contributed by atoms with Gasteiger partial charge in [-0.15, -0.1) is 0 Å². The third-order valence-electron chi connectivity index (χ3n) is 4.79. The van der Waals surface area contributed by atoms with Crippen molar-refractivity contribution in [3.8, 4) is 0 Å². The van der Waals surface area contributed by atoms with Gasteiger partial charge in [0.25, 0.3) is 0 Å². The summed E-state index contributed by atoms with van der Waals surface area (Å²) < 4.78 is 5.58. The minimum Gasteiger partial charge on any atom is -0.481 e. The van der Waals surface area contributed by atoms with Crippen LogP contribution in [0, 0.1) is 5.41 Å². The third-order valence-corrected chi connectivity index (χ3v) is 4.79. The number of hydrogen-bond acceptors (Lipinski definition) is 3. The Bertz CT molecular complexity index is 357. The normalized spacial score (nSPS) is 25.2. The Morgan fingerprint density at radius 3 is 2.52 bits per heavy atom. The molecule has 0 radical (unpaired) electrons. The predicted octanol–water partition coefficient (Wildman–Crippen LogP) is 2.49. The second-order valence-corrected chi connectivity index (χ2v) is 6.60. The molecule has 1 saturated heterocycles. The first-order valence-electron chi connectivity index (χ1n) is 8.20. The Morgan fingerprint density at radius 1 is 1.14 bits per heavy atom. The fourth-order valence-electron chi connectivity index (χ4n) is 3.57. The van der Waals surface area contributed by atoms with Crippen LogP contribution in [0.1, 0.15) is 64.2 Å². The summed E-state index contributed by atoms with van der Waals surface area (Å²) in [4.78, 5) is 23.1. The molecule has 1 atom stereocenters. The van der Waals surface area contributed by atoms with Crippen molar-refractivity contribution in [2.45, 2.75) is 70.3 Å². The van der Waals surface area contributed by atoms with Crippen LogP contribution in [0.25, 0.3) is 0 Å². The zero-order chi connectivity index (χ0) is 15.1. The lowest BCUT2D eigenvalue weighted by Crippen LogP contribution is -2.41. The van der Waals surface area contributed by atoms with E-state index in [1.165, 1.54) is 6.42 Å². The van der Waals surface area contributed by atoms with Crippen molar-refractivity contribution in [2.24, 2.45) is 5.41 Å². The Kier molecular flexibility index (Phi) is 6.03. The average molecular weight is 297 g/mol. The van der Waals surface area contributed by atoms with Gasteiger partial charge in [0, 0.05) is 13.2 Å². The highest BCUT2D eigenvalue weighted by molar-refractivity contribution is 5.76. The molecule has 5 heteroatoms. The molecule has 2 fully saturated rings. The molecule has 120 valence electrons. The molecule has 1 saturated carbocycles. The van der Waals surface area contributed by atoms with Crippen molar-refractivity contribution in [3.05, 3.63) is 0 Å². The summed E-state index contributed by atoms with van der Waals surface area (Å²) in [6, 6.07) is 0. The Labute approximate surface area is 126 Å². The van der Waals surface area contributed by atoms with Crippen LogP contribution in [0.15, 0.2) is 0 Å². The molecule has 0 spiro atoms. The van der Waals surface area contributed by atoms with Crippen LogP contribution in [-0.2, 0) is 14.3 Å². The van der Waals surface area contributed by atoms with Gasteiger partial charge in [0.15, 0.2) is 0 Å². The Morgan fingerprint density at radius 2 is 1.90 bits per heavy atom. The van der Waals surface area contributed by atoms with Gasteiger partial charge in [0.2, 0.25) is 5.91 Å². The average Bonchev–Trinajstić information content (AvgIpc) is 2.47. The molecule has 0 aromatic carbocycles. The summed E-state index contributed by atoms with van der Waals surface area (Å²) in [5.74, 6) is -0.765. The van der Waals surface area contributed by atoms with Crippen molar-refractivity contribution in [3.63, 3.8) is 0 Å². The van der Waals surface area contributed by atoms with Crippen LogP contribution in [-0.4, -0.2) is 36.2 Å². The molecule has 2 rings (SSSR count). The van der Waals surface area contributed by atoms with E-state index in [4.69, 9.17) is 9.84 Å². The number of ether oxygens (including phenoxy) is 1. The van der Waals surface area contributed by atoms with E-state index in [0.717, 1.165) is 51.6 Å². The number of carbonyl (C=O) groups is 2. The smallest absolute Gasteiger partial charge is 0.303 e. The lowest BCUT2D eigenvalue weighted by Gasteiger charge is -2.36. The van der Waals surface area contributed by atoms with Gasteiger partial charge in [0.05, 0.1) is 18.9 Å². The zero-order valence-corrected chi connectivity index (χ0v) is 12.7. The summed E-state index contributed by atoms with van der Waals surface area (Å²) in [6.07, 6.45) is 8.87. The first-order valence-corrected chi connectivity index (χ1v) is 8.20. The topological polar surface area (TPSA) is 75.6 Å². The first kappa shape index (κ1) is 16.3. The molecule has 1 aliphatic carbocycles. The molecule has 1 heterocycles. The third kappa shape index (κ3) is 5.30. The molecule has 1 amide bonds. The number of aliphatic carboxylic acids is 1. The second-order valence-electron chi connectivity index (χ2n) is 6.60. The molecule has 1 unspecified atom stereocenters. The van der Waals surface area contributed by atoms with E-state index < -0.39 is 5.97 Å². The molecule has 2 aliphatic rings. The molecule has 1 aliphatic heterocycles. The monoisotopic (exact) mass is 297 g/mol. The standard InChI is InChI=1S/C16H27NO4/c18-14(10-13-6-2-5-9-21-13)17-12-16(11-15(19)20)7-3-1-4-8-16/h13H,1-12H2,(H,17,18)(H,19,20). The van der Waals surface area contributed by atoms with E-state index in [1.54, 1.807) is 0 Å². The van der Waals surface area contributed by atoms with Crippen LogP contribution in [0.3, 0.4) is 0 Å². The van der Waals surface area contributed by atoms with Crippen molar-refractivity contribution in [2.75, 3.05) is 13.2 Å². The largest absolute Gasteiger partial charge is 0.481 e. The van der Waals surface area contributed by atoms with Crippen LogP contribution in [0.5, 0.6) is 0 Å². The zero-order valence-electron chi connectivity index (χ0n) is 12.7. The fourth-order valence-corrected chi connectivity index (χ4v) is 3.57. The Balaban J connectivity index is 1.79. The van der Waals surface area contributed by atoms with Crippen LogP contribution in [0.4, 0.5) is 0 Å². The lowest BCUT2D eigenvalue weighted by atomic mass is 9.71. The van der Waals surface area contributed by atoms with Crippen molar-refractivity contribution in [1.29, 1.82) is 0 Å². The number of hydrogen-bond donors (Lipinski definition) is 2. The highest BCUT2D eigenvalue weighted by Crippen LogP contribution is 2.38. The molecule has 2 N–H and O–H groups in total. The van der Waals surface area contributed by atoms with Gasteiger partial charge in [-0.25, -0.2) is 0 Å². The molecular weight excluding hydrogens is 270 g/mol. The maximum atomic E-state index is 12.0. The number of rotatable bonds is 6. The lowest BCUT2D eigenvalue weighted by molar-refractivity contribution is -0.141. The van der Waals surface area contributed by atoms with Gasteiger partial charge in [-0.3, -0.25) is 9.59 Å². The summed E-state index contributed by atoms with van der Waals surface area (Å²) in [6.45, 7) is 1.24. The minimum absolute atomic E-state index is 0.00256.